The summed E-state index contributed by atoms with van der Waals surface area (Å²) in [6.45, 7) is 5.69. The fraction of sp³-hybridized carbons (Fsp3) is 0.917. The van der Waals surface area contributed by atoms with Crippen LogP contribution in [-0.4, -0.2) is 70.3 Å². The second-order valence-corrected chi connectivity index (χ2v) is 4.46. The van der Waals surface area contributed by atoms with Gasteiger partial charge in [-0.25, -0.2) is 0 Å². The van der Waals surface area contributed by atoms with Crippen molar-refractivity contribution in [2.45, 2.75) is 19.4 Å². The number of hydrogen-bond donors (Lipinski definition) is 1. The van der Waals surface area contributed by atoms with Crippen LogP contribution in [0.4, 0.5) is 0 Å². The molecule has 6 heteroatoms. The molecule has 0 aromatic heterocycles. The molecule has 0 aromatic rings. The van der Waals surface area contributed by atoms with Gasteiger partial charge in [-0.3, -0.25) is 0 Å². The highest BCUT2D eigenvalue weighted by Gasteiger charge is 2.16. The van der Waals surface area contributed by atoms with Crippen LogP contribution >= 0.6 is 12.2 Å². The van der Waals surface area contributed by atoms with Crippen LogP contribution in [0.3, 0.4) is 0 Å². The summed E-state index contributed by atoms with van der Waals surface area (Å²) in [6.07, 6.45) is 0.938. The normalized spacial score (nSPS) is 12.2. The molecule has 1 atom stereocenters. The number of nitrogens with zero attached hydrogens (tertiary/aromatic N) is 1. The van der Waals surface area contributed by atoms with Gasteiger partial charge in [0.1, 0.15) is 0 Å². The summed E-state index contributed by atoms with van der Waals surface area (Å²) < 4.78 is 15.3. The predicted octanol–water partition coefficient (Wildman–Crippen LogP) is 0.881. The van der Waals surface area contributed by atoms with E-state index in [1.165, 1.54) is 0 Å². The van der Waals surface area contributed by atoms with E-state index in [-0.39, 0.29) is 6.04 Å². The van der Waals surface area contributed by atoms with E-state index < -0.39 is 0 Å². The van der Waals surface area contributed by atoms with E-state index >= 15 is 0 Å². The van der Waals surface area contributed by atoms with Crippen molar-refractivity contribution in [1.29, 1.82) is 0 Å². The lowest BCUT2D eigenvalue weighted by atomic mass is 10.3. The fourth-order valence-electron chi connectivity index (χ4n) is 1.56. The minimum absolute atomic E-state index is 0.229. The van der Waals surface area contributed by atoms with Gasteiger partial charge in [0.2, 0.25) is 0 Å². The molecule has 0 fully saturated rings. The molecule has 0 bridgehead atoms. The van der Waals surface area contributed by atoms with Crippen molar-refractivity contribution >= 4 is 17.3 Å². The SMILES string of the molecule is COCCCNC(=S)N(CCOC)C(C)COC. The molecule has 108 valence electrons. The third-order valence-corrected chi connectivity index (χ3v) is 2.92. The Kier molecular flexibility index (Phi) is 11.4. The first-order valence-electron chi connectivity index (χ1n) is 6.18. The van der Waals surface area contributed by atoms with E-state index in [2.05, 4.69) is 17.1 Å². The lowest BCUT2D eigenvalue weighted by molar-refractivity contribution is 0.112. The third kappa shape index (κ3) is 7.81. The van der Waals surface area contributed by atoms with E-state index in [1.54, 1.807) is 21.3 Å². The Bertz CT molecular complexity index is 217. The number of ether oxygens (including phenoxy) is 3. The van der Waals surface area contributed by atoms with Crippen molar-refractivity contribution < 1.29 is 14.2 Å². The van der Waals surface area contributed by atoms with Crippen molar-refractivity contribution in [3.8, 4) is 0 Å². The Morgan fingerprint density at radius 3 is 2.39 bits per heavy atom. The Balaban J connectivity index is 4.13. The average molecular weight is 278 g/mol. The molecule has 0 rings (SSSR count). The predicted molar refractivity (Wildman–Crippen MR) is 77.0 cm³/mol. The monoisotopic (exact) mass is 278 g/mol. The van der Waals surface area contributed by atoms with E-state index in [0.29, 0.717) is 13.2 Å². The topological polar surface area (TPSA) is 43.0 Å². The van der Waals surface area contributed by atoms with Crippen LogP contribution in [0.25, 0.3) is 0 Å². The summed E-state index contributed by atoms with van der Waals surface area (Å²) in [5.74, 6) is 0. The summed E-state index contributed by atoms with van der Waals surface area (Å²) in [7, 11) is 5.08. The number of thiocarbonyl (C=S) groups is 1. The van der Waals surface area contributed by atoms with E-state index in [0.717, 1.165) is 31.2 Å². The Hall–Kier alpha value is -0.430. The van der Waals surface area contributed by atoms with Gasteiger partial charge in [0.15, 0.2) is 5.11 Å². The molecule has 0 saturated heterocycles. The van der Waals surface area contributed by atoms with Gasteiger partial charge in [0.05, 0.1) is 19.3 Å². The molecule has 0 saturated carbocycles. The lowest BCUT2D eigenvalue weighted by Crippen LogP contribution is -2.48. The highest BCUT2D eigenvalue weighted by atomic mass is 32.1. The number of methoxy groups -OCH3 is 3. The third-order valence-electron chi connectivity index (χ3n) is 2.54. The fourth-order valence-corrected chi connectivity index (χ4v) is 1.93. The van der Waals surface area contributed by atoms with Crippen LogP contribution in [0.15, 0.2) is 0 Å². The van der Waals surface area contributed by atoms with Crippen molar-refractivity contribution in [2.75, 3.05) is 54.2 Å². The van der Waals surface area contributed by atoms with Crippen molar-refractivity contribution in [3.05, 3.63) is 0 Å². The van der Waals surface area contributed by atoms with Crippen molar-refractivity contribution in [2.24, 2.45) is 0 Å². The summed E-state index contributed by atoms with van der Waals surface area (Å²) in [4.78, 5) is 2.09. The maximum Gasteiger partial charge on any atom is 0.169 e. The van der Waals surface area contributed by atoms with Gasteiger partial charge in [-0.15, -0.1) is 0 Å². The van der Waals surface area contributed by atoms with Crippen LogP contribution in [0.5, 0.6) is 0 Å². The zero-order chi connectivity index (χ0) is 13.8. The molecule has 1 unspecified atom stereocenters. The summed E-state index contributed by atoms with van der Waals surface area (Å²) in [5, 5.41) is 3.98. The first-order chi connectivity index (χ1) is 8.67. The first-order valence-corrected chi connectivity index (χ1v) is 6.59. The summed E-state index contributed by atoms with van der Waals surface area (Å²) in [5.41, 5.74) is 0. The smallest absolute Gasteiger partial charge is 0.169 e. The standard InChI is InChI=1S/C12H26N2O3S/c1-11(10-17-4)14(7-9-16-3)12(18)13-6-5-8-15-2/h11H,5-10H2,1-4H3,(H,13,18). The van der Waals surface area contributed by atoms with Gasteiger partial charge in [0.25, 0.3) is 0 Å². The van der Waals surface area contributed by atoms with E-state index in [9.17, 15) is 0 Å². The van der Waals surface area contributed by atoms with Crippen molar-refractivity contribution in [1.82, 2.24) is 10.2 Å². The van der Waals surface area contributed by atoms with Gasteiger partial charge in [-0.2, -0.15) is 0 Å². The van der Waals surface area contributed by atoms with Gasteiger partial charge in [-0.05, 0) is 25.6 Å². The molecule has 0 aliphatic carbocycles. The molecule has 0 aliphatic heterocycles. The molecular weight excluding hydrogens is 252 g/mol. The molecule has 5 nitrogen and oxygen atoms in total. The van der Waals surface area contributed by atoms with E-state index in [4.69, 9.17) is 26.4 Å². The van der Waals surface area contributed by atoms with E-state index in [1.807, 2.05) is 0 Å². The molecule has 0 amide bonds. The minimum atomic E-state index is 0.229. The summed E-state index contributed by atoms with van der Waals surface area (Å²) >= 11 is 5.39. The van der Waals surface area contributed by atoms with Crippen LogP contribution < -0.4 is 5.32 Å². The van der Waals surface area contributed by atoms with Crippen LogP contribution in [-0.2, 0) is 14.2 Å². The molecule has 18 heavy (non-hydrogen) atoms. The quantitative estimate of drug-likeness (QED) is 0.473. The Labute approximate surface area is 116 Å². The average Bonchev–Trinajstić information content (AvgIpc) is 2.35. The number of hydrogen-bond acceptors (Lipinski definition) is 4. The molecule has 0 spiro atoms. The van der Waals surface area contributed by atoms with Gasteiger partial charge in [-0.1, -0.05) is 0 Å². The largest absolute Gasteiger partial charge is 0.385 e. The minimum Gasteiger partial charge on any atom is -0.385 e. The van der Waals surface area contributed by atoms with Crippen molar-refractivity contribution in [3.63, 3.8) is 0 Å². The maximum absolute atomic E-state index is 5.39. The molecule has 1 N–H and O–H groups in total. The Morgan fingerprint density at radius 2 is 1.83 bits per heavy atom. The maximum atomic E-state index is 5.39. The van der Waals surface area contributed by atoms with Gasteiger partial charge >= 0.3 is 0 Å². The number of nitrogens with one attached hydrogen (secondary N) is 1. The van der Waals surface area contributed by atoms with Crippen LogP contribution in [0.1, 0.15) is 13.3 Å². The first kappa shape index (κ1) is 17.6. The molecule has 0 aromatic carbocycles. The molecule has 0 aliphatic rings. The summed E-state index contributed by atoms with van der Waals surface area (Å²) in [6, 6.07) is 0.229. The highest BCUT2D eigenvalue weighted by Crippen LogP contribution is 2.01. The Morgan fingerprint density at radius 1 is 1.17 bits per heavy atom. The zero-order valence-electron chi connectivity index (χ0n) is 11.9. The van der Waals surface area contributed by atoms with Gasteiger partial charge < -0.3 is 24.4 Å². The zero-order valence-corrected chi connectivity index (χ0v) is 12.7. The second-order valence-electron chi connectivity index (χ2n) is 4.07. The molecule has 0 heterocycles. The number of rotatable bonds is 10. The van der Waals surface area contributed by atoms with Crippen LogP contribution in [0, 0.1) is 0 Å². The molecule has 0 radical (unpaired) electrons. The second kappa shape index (κ2) is 11.6. The van der Waals surface area contributed by atoms with Crippen LogP contribution in [0.2, 0.25) is 0 Å². The molecular formula is C12H26N2O3S. The highest BCUT2D eigenvalue weighted by molar-refractivity contribution is 7.80. The lowest BCUT2D eigenvalue weighted by Gasteiger charge is -2.31. The van der Waals surface area contributed by atoms with Gasteiger partial charge in [0, 0.05) is 41.0 Å².